The molecule has 5 heteroatoms. The predicted molar refractivity (Wildman–Crippen MR) is 101 cm³/mol. The summed E-state index contributed by atoms with van der Waals surface area (Å²) in [5.74, 6) is 2.25. The van der Waals surface area contributed by atoms with E-state index in [9.17, 15) is 4.79 Å². The molecular weight excluding hydrogens is 312 g/mol. The van der Waals surface area contributed by atoms with Gasteiger partial charge in [-0.1, -0.05) is 26.2 Å². The molecule has 138 valence electrons. The molecule has 1 aromatic heterocycles. The van der Waals surface area contributed by atoms with Crippen LogP contribution in [0.3, 0.4) is 0 Å². The molecule has 5 nitrogen and oxygen atoms in total. The summed E-state index contributed by atoms with van der Waals surface area (Å²) in [6, 6.07) is 0. The molecule has 0 N–H and O–H groups in total. The van der Waals surface area contributed by atoms with Crippen molar-refractivity contribution >= 4 is 11.7 Å². The largest absolute Gasteiger partial charge is 0.356 e. The molecule has 3 rings (SSSR count). The summed E-state index contributed by atoms with van der Waals surface area (Å²) in [6.45, 7) is 7.83. The first-order valence-corrected chi connectivity index (χ1v) is 10.1. The van der Waals surface area contributed by atoms with E-state index >= 15 is 0 Å². The van der Waals surface area contributed by atoms with E-state index in [1.165, 1.54) is 37.7 Å². The third-order valence-corrected chi connectivity index (χ3v) is 5.40. The number of amides is 1. The Morgan fingerprint density at radius 2 is 1.84 bits per heavy atom. The fourth-order valence-electron chi connectivity index (χ4n) is 3.96. The van der Waals surface area contributed by atoms with Crippen molar-refractivity contribution in [3.63, 3.8) is 0 Å². The topological polar surface area (TPSA) is 49.3 Å². The number of carbonyl (C=O) groups is 1. The second-order valence-electron chi connectivity index (χ2n) is 7.44. The quantitative estimate of drug-likeness (QED) is 0.740. The molecule has 1 saturated heterocycles. The van der Waals surface area contributed by atoms with Crippen molar-refractivity contribution in [2.75, 3.05) is 24.5 Å². The van der Waals surface area contributed by atoms with E-state index in [-0.39, 0.29) is 0 Å². The highest BCUT2D eigenvalue weighted by molar-refractivity contribution is 5.76. The van der Waals surface area contributed by atoms with Crippen LogP contribution in [0.5, 0.6) is 0 Å². The maximum atomic E-state index is 12.6. The van der Waals surface area contributed by atoms with Crippen LogP contribution in [0, 0.1) is 6.92 Å². The van der Waals surface area contributed by atoms with Crippen molar-refractivity contribution in [1.82, 2.24) is 14.9 Å². The van der Waals surface area contributed by atoms with E-state index in [0.717, 1.165) is 56.2 Å². The summed E-state index contributed by atoms with van der Waals surface area (Å²) >= 11 is 0. The van der Waals surface area contributed by atoms with Gasteiger partial charge in [0, 0.05) is 38.0 Å². The number of rotatable bonds is 6. The number of aromatic nitrogens is 2. The van der Waals surface area contributed by atoms with Gasteiger partial charge in [0.2, 0.25) is 5.91 Å². The summed E-state index contributed by atoms with van der Waals surface area (Å²) in [4.78, 5) is 26.5. The lowest BCUT2D eigenvalue weighted by atomic mass is 10.0. The fourth-order valence-corrected chi connectivity index (χ4v) is 3.96. The lowest BCUT2D eigenvalue weighted by molar-refractivity contribution is -0.132. The lowest BCUT2D eigenvalue weighted by Gasteiger charge is -2.34. The molecule has 0 aromatic carbocycles. The zero-order valence-corrected chi connectivity index (χ0v) is 15.9. The Bertz CT molecular complexity index is 596. The van der Waals surface area contributed by atoms with Gasteiger partial charge in [0.1, 0.15) is 11.6 Å². The van der Waals surface area contributed by atoms with Gasteiger partial charge in [-0.15, -0.1) is 0 Å². The molecule has 0 spiro atoms. The third kappa shape index (κ3) is 4.50. The number of nitrogens with zero attached hydrogens (tertiary/aromatic N) is 4. The van der Waals surface area contributed by atoms with Crippen molar-refractivity contribution in [3.05, 3.63) is 17.1 Å². The lowest BCUT2D eigenvalue weighted by Crippen LogP contribution is -2.39. The van der Waals surface area contributed by atoms with E-state index in [1.54, 1.807) is 0 Å². The molecule has 2 aliphatic rings. The number of fused-ring (bicyclic) bond motifs is 1. The van der Waals surface area contributed by atoms with E-state index < -0.39 is 0 Å². The SMILES string of the molecule is CCCCCCC(=O)N1CCc2nc(C)nc(N3CCCCC3)c2C1. The van der Waals surface area contributed by atoms with Crippen LogP contribution in [0.2, 0.25) is 0 Å². The van der Waals surface area contributed by atoms with Crippen LogP contribution in [0.25, 0.3) is 0 Å². The molecule has 25 heavy (non-hydrogen) atoms. The summed E-state index contributed by atoms with van der Waals surface area (Å²) in [5.41, 5.74) is 2.35. The molecule has 1 amide bonds. The summed E-state index contributed by atoms with van der Waals surface area (Å²) < 4.78 is 0. The number of hydrogen-bond donors (Lipinski definition) is 0. The van der Waals surface area contributed by atoms with Crippen molar-refractivity contribution in [1.29, 1.82) is 0 Å². The van der Waals surface area contributed by atoms with Gasteiger partial charge >= 0.3 is 0 Å². The van der Waals surface area contributed by atoms with Crippen LogP contribution in [-0.4, -0.2) is 40.4 Å². The molecule has 0 atom stereocenters. The van der Waals surface area contributed by atoms with Crippen LogP contribution < -0.4 is 4.90 Å². The second kappa shape index (κ2) is 8.63. The van der Waals surface area contributed by atoms with E-state index in [1.807, 2.05) is 11.8 Å². The zero-order chi connectivity index (χ0) is 17.6. The monoisotopic (exact) mass is 344 g/mol. The smallest absolute Gasteiger partial charge is 0.222 e. The number of anilines is 1. The molecular formula is C20H32N4O. The summed E-state index contributed by atoms with van der Waals surface area (Å²) in [6.07, 6.45) is 9.93. The number of aryl methyl sites for hydroxylation is 1. The average Bonchev–Trinajstić information content (AvgIpc) is 2.64. The number of carbonyl (C=O) groups excluding carboxylic acids is 1. The highest BCUT2D eigenvalue weighted by Crippen LogP contribution is 2.29. The van der Waals surface area contributed by atoms with E-state index in [2.05, 4.69) is 16.8 Å². The molecule has 0 saturated carbocycles. The predicted octanol–water partition coefficient (Wildman–Crippen LogP) is 3.63. The Morgan fingerprint density at radius 3 is 2.60 bits per heavy atom. The van der Waals surface area contributed by atoms with Gasteiger partial charge in [0.05, 0.1) is 12.2 Å². The Labute approximate surface area is 151 Å². The standard InChI is InChI=1S/C20H32N4O/c1-3-4-5-7-10-19(25)24-14-11-18-17(15-24)20(22-16(2)21-18)23-12-8-6-9-13-23/h3-15H2,1-2H3. The Balaban J connectivity index is 1.71. The maximum absolute atomic E-state index is 12.6. The first kappa shape index (κ1) is 18.2. The first-order valence-electron chi connectivity index (χ1n) is 10.1. The van der Waals surface area contributed by atoms with Crippen molar-refractivity contribution in [3.8, 4) is 0 Å². The van der Waals surface area contributed by atoms with Crippen LogP contribution in [0.15, 0.2) is 0 Å². The van der Waals surface area contributed by atoms with Gasteiger partial charge < -0.3 is 9.80 Å². The Morgan fingerprint density at radius 1 is 1.04 bits per heavy atom. The number of unbranched alkanes of at least 4 members (excludes halogenated alkanes) is 3. The van der Waals surface area contributed by atoms with E-state index in [4.69, 9.17) is 4.98 Å². The van der Waals surface area contributed by atoms with Crippen molar-refractivity contribution in [2.24, 2.45) is 0 Å². The van der Waals surface area contributed by atoms with Crippen molar-refractivity contribution in [2.45, 2.75) is 78.2 Å². The minimum atomic E-state index is 0.298. The summed E-state index contributed by atoms with van der Waals surface area (Å²) in [5, 5.41) is 0. The van der Waals surface area contributed by atoms with Gasteiger partial charge in [-0.05, 0) is 32.6 Å². The Hall–Kier alpha value is -1.65. The average molecular weight is 345 g/mol. The molecule has 1 fully saturated rings. The van der Waals surface area contributed by atoms with Crippen LogP contribution in [0.1, 0.15) is 75.4 Å². The van der Waals surface area contributed by atoms with Crippen LogP contribution in [0.4, 0.5) is 5.82 Å². The normalized spacial score (nSPS) is 17.5. The van der Waals surface area contributed by atoms with Crippen LogP contribution >= 0.6 is 0 Å². The third-order valence-electron chi connectivity index (χ3n) is 5.40. The molecule has 0 radical (unpaired) electrons. The number of piperidine rings is 1. The molecule has 0 bridgehead atoms. The fraction of sp³-hybridized carbons (Fsp3) is 0.750. The van der Waals surface area contributed by atoms with Crippen LogP contribution in [-0.2, 0) is 17.8 Å². The number of hydrogen-bond acceptors (Lipinski definition) is 4. The van der Waals surface area contributed by atoms with Gasteiger partial charge in [-0.3, -0.25) is 4.79 Å². The second-order valence-corrected chi connectivity index (χ2v) is 7.44. The highest BCUT2D eigenvalue weighted by atomic mass is 16.2. The molecule has 3 heterocycles. The van der Waals surface area contributed by atoms with Gasteiger partial charge in [0.25, 0.3) is 0 Å². The van der Waals surface area contributed by atoms with E-state index in [0.29, 0.717) is 18.9 Å². The minimum Gasteiger partial charge on any atom is -0.356 e. The highest BCUT2D eigenvalue weighted by Gasteiger charge is 2.27. The van der Waals surface area contributed by atoms with Gasteiger partial charge in [-0.2, -0.15) is 0 Å². The zero-order valence-electron chi connectivity index (χ0n) is 15.9. The maximum Gasteiger partial charge on any atom is 0.222 e. The molecule has 0 aliphatic carbocycles. The summed E-state index contributed by atoms with van der Waals surface area (Å²) in [7, 11) is 0. The molecule has 0 unspecified atom stereocenters. The minimum absolute atomic E-state index is 0.298. The van der Waals surface area contributed by atoms with Crippen molar-refractivity contribution < 1.29 is 4.79 Å². The van der Waals surface area contributed by atoms with Gasteiger partial charge in [0.15, 0.2) is 0 Å². The van der Waals surface area contributed by atoms with Gasteiger partial charge in [-0.25, -0.2) is 9.97 Å². The first-order chi connectivity index (χ1) is 12.2. The molecule has 1 aromatic rings. The Kier molecular flexibility index (Phi) is 6.27. The molecule has 2 aliphatic heterocycles.